The number of carbonyl (C=O) groups excluding carboxylic acids is 1. The summed E-state index contributed by atoms with van der Waals surface area (Å²) in [6.07, 6.45) is 5.75. The monoisotopic (exact) mass is 164 g/mol. The number of hydrogen-bond donors (Lipinski definition) is 0. The molecule has 1 unspecified atom stereocenters. The van der Waals surface area contributed by atoms with Crippen LogP contribution < -0.4 is 0 Å². The molecule has 12 heavy (non-hydrogen) atoms. The molecule has 1 saturated heterocycles. The van der Waals surface area contributed by atoms with Crippen molar-refractivity contribution in [2.24, 2.45) is 0 Å². The van der Waals surface area contributed by atoms with Gasteiger partial charge >= 0.3 is 5.97 Å². The van der Waals surface area contributed by atoms with E-state index >= 15 is 0 Å². The zero-order valence-corrected chi connectivity index (χ0v) is 7.17. The molecule has 0 radical (unpaired) electrons. The van der Waals surface area contributed by atoms with Crippen LogP contribution in [0.1, 0.15) is 26.2 Å². The molecule has 1 aliphatic rings. The van der Waals surface area contributed by atoms with Gasteiger partial charge < -0.3 is 4.74 Å². The summed E-state index contributed by atoms with van der Waals surface area (Å²) in [6, 6.07) is 0. The molecule has 2 nitrogen and oxygen atoms in total. The van der Waals surface area contributed by atoms with E-state index in [1.807, 2.05) is 13.0 Å². The molecule has 0 spiro atoms. The van der Waals surface area contributed by atoms with Gasteiger partial charge in [0.05, 0.1) is 0 Å². The molecule has 1 aliphatic heterocycles. The van der Waals surface area contributed by atoms with Gasteiger partial charge in [-0.1, -0.05) is 17.9 Å². The molecular weight excluding hydrogens is 152 g/mol. The van der Waals surface area contributed by atoms with Crippen molar-refractivity contribution in [1.29, 1.82) is 0 Å². The Kier molecular flexibility index (Phi) is 3.40. The summed E-state index contributed by atoms with van der Waals surface area (Å²) < 4.78 is 4.98. The van der Waals surface area contributed by atoms with Gasteiger partial charge in [0.2, 0.25) is 0 Å². The van der Waals surface area contributed by atoms with Crippen molar-refractivity contribution in [3.05, 3.63) is 12.2 Å². The molecule has 0 saturated carbocycles. The molecule has 0 aliphatic carbocycles. The first kappa shape index (κ1) is 8.86. The van der Waals surface area contributed by atoms with E-state index in [2.05, 4.69) is 11.8 Å². The number of carbonyl (C=O) groups is 1. The number of rotatable bonds is 1. The van der Waals surface area contributed by atoms with Crippen LogP contribution in [0, 0.1) is 11.8 Å². The zero-order chi connectivity index (χ0) is 8.81. The molecule has 0 aromatic carbocycles. The second-order valence-corrected chi connectivity index (χ2v) is 2.68. The summed E-state index contributed by atoms with van der Waals surface area (Å²) in [5.41, 5.74) is 0. The summed E-state index contributed by atoms with van der Waals surface area (Å²) >= 11 is 0. The highest BCUT2D eigenvalue weighted by Crippen LogP contribution is 2.15. The molecular formula is C10H12O2. The molecule has 2 heteroatoms. The van der Waals surface area contributed by atoms with Crippen LogP contribution in [0.25, 0.3) is 0 Å². The van der Waals surface area contributed by atoms with E-state index in [9.17, 15) is 4.79 Å². The van der Waals surface area contributed by atoms with Crippen LogP contribution >= 0.6 is 0 Å². The molecule has 1 fully saturated rings. The summed E-state index contributed by atoms with van der Waals surface area (Å²) in [5.74, 6) is 5.70. The van der Waals surface area contributed by atoms with Crippen molar-refractivity contribution in [1.82, 2.24) is 0 Å². The van der Waals surface area contributed by atoms with Crippen LogP contribution in [0.4, 0.5) is 0 Å². The van der Waals surface area contributed by atoms with Gasteiger partial charge in [-0.05, 0) is 19.4 Å². The van der Waals surface area contributed by atoms with Gasteiger partial charge in [0.25, 0.3) is 0 Å². The Morgan fingerprint density at radius 1 is 1.75 bits per heavy atom. The summed E-state index contributed by atoms with van der Waals surface area (Å²) in [5, 5.41) is 0. The fraction of sp³-hybridized carbons (Fsp3) is 0.500. The Labute approximate surface area is 72.6 Å². The largest absolute Gasteiger partial charge is 0.461 e. The van der Waals surface area contributed by atoms with Crippen molar-refractivity contribution in [2.75, 3.05) is 0 Å². The lowest BCUT2D eigenvalue weighted by atomic mass is 10.2. The first-order chi connectivity index (χ1) is 5.83. The van der Waals surface area contributed by atoms with Crippen LogP contribution in [-0.2, 0) is 9.53 Å². The molecule has 0 aromatic rings. The van der Waals surface area contributed by atoms with Gasteiger partial charge in [-0.3, -0.25) is 4.79 Å². The molecule has 1 rings (SSSR count). The predicted octanol–water partition coefficient (Wildman–Crippen LogP) is 1.66. The third kappa shape index (κ3) is 2.79. The summed E-state index contributed by atoms with van der Waals surface area (Å²) in [6.45, 7) is 1.92. The number of cyclic esters (lactones) is 1. The Bertz CT molecular complexity index is 242. The molecule has 0 bridgehead atoms. The van der Waals surface area contributed by atoms with Crippen LogP contribution in [0.5, 0.6) is 0 Å². The van der Waals surface area contributed by atoms with Crippen molar-refractivity contribution in [2.45, 2.75) is 32.3 Å². The lowest BCUT2D eigenvalue weighted by Crippen LogP contribution is -2.04. The predicted molar refractivity (Wildman–Crippen MR) is 46.3 cm³/mol. The molecule has 1 heterocycles. The minimum atomic E-state index is -0.0900. The van der Waals surface area contributed by atoms with Gasteiger partial charge in [0.15, 0.2) is 0 Å². The molecule has 0 amide bonds. The molecule has 64 valence electrons. The van der Waals surface area contributed by atoms with E-state index in [0.717, 1.165) is 6.42 Å². The van der Waals surface area contributed by atoms with Gasteiger partial charge in [-0.15, -0.1) is 0 Å². The van der Waals surface area contributed by atoms with E-state index < -0.39 is 0 Å². The van der Waals surface area contributed by atoms with Crippen molar-refractivity contribution in [3.63, 3.8) is 0 Å². The Hall–Kier alpha value is -1.23. The quantitative estimate of drug-likeness (QED) is 0.435. The van der Waals surface area contributed by atoms with Crippen LogP contribution in [0.3, 0.4) is 0 Å². The number of esters is 1. The second kappa shape index (κ2) is 4.61. The Morgan fingerprint density at radius 2 is 2.58 bits per heavy atom. The van der Waals surface area contributed by atoms with E-state index in [1.165, 1.54) is 0 Å². The summed E-state index contributed by atoms with van der Waals surface area (Å²) in [7, 11) is 0. The standard InChI is InChI=1S/C10H12O2/c1-2-3-4-5-6-9-7-8-10(11)12-9/h2-3,9H,6-8H2,1H3/b3-2+. The van der Waals surface area contributed by atoms with Crippen molar-refractivity contribution in [3.8, 4) is 11.8 Å². The highest BCUT2D eigenvalue weighted by atomic mass is 16.5. The second-order valence-electron chi connectivity index (χ2n) is 2.68. The number of ether oxygens (including phenoxy) is 1. The maximum atomic E-state index is 10.7. The minimum Gasteiger partial charge on any atom is -0.461 e. The molecule has 0 N–H and O–H groups in total. The highest BCUT2D eigenvalue weighted by molar-refractivity contribution is 5.71. The lowest BCUT2D eigenvalue weighted by Gasteiger charge is -2.01. The lowest BCUT2D eigenvalue weighted by molar-refractivity contribution is -0.141. The van der Waals surface area contributed by atoms with E-state index in [1.54, 1.807) is 6.08 Å². The van der Waals surface area contributed by atoms with Crippen LogP contribution in [-0.4, -0.2) is 12.1 Å². The maximum absolute atomic E-state index is 10.7. The third-order valence-electron chi connectivity index (χ3n) is 1.65. The minimum absolute atomic E-state index is 0.0373. The number of allylic oxidation sites excluding steroid dienone is 2. The normalized spacial score (nSPS) is 22.1. The van der Waals surface area contributed by atoms with Gasteiger partial charge in [-0.2, -0.15) is 0 Å². The van der Waals surface area contributed by atoms with Gasteiger partial charge in [0, 0.05) is 12.8 Å². The average Bonchev–Trinajstić information content (AvgIpc) is 2.45. The van der Waals surface area contributed by atoms with Crippen molar-refractivity contribution >= 4 is 5.97 Å². The van der Waals surface area contributed by atoms with Gasteiger partial charge in [-0.25, -0.2) is 0 Å². The first-order valence-corrected chi connectivity index (χ1v) is 4.12. The smallest absolute Gasteiger partial charge is 0.306 e. The third-order valence-corrected chi connectivity index (χ3v) is 1.65. The number of hydrogen-bond acceptors (Lipinski definition) is 2. The average molecular weight is 164 g/mol. The molecule has 1 atom stereocenters. The van der Waals surface area contributed by atoms with Crippen molar-refractivity contribution < 1.29 is 9.53 Å². The highest BCUT2D eigenvalue weighted by Gasteiger charge is 2.21. The topological polar surface area (TPSA) is 26.3 Å². The first-order valence-electron chi connectivity index (χ1n) is 4.12. The van der Waals surface area contributed by atoms with Gasteiger partial charge in [0.1, 0.15) is 6.10 Å². The SMILES string of the molecule is C/C=C/C#CCC1CCC(=O)O1. The zero-order valence-electron chi connectivity index (χ0n) is 7.17. The Balaban J connectivity index is 2.25. The summed E-state index contributed by atoms with van der Waals surface area (Å²) in [4.78, 5) is 10.7. The van der Waals surface area contributed by atoms with Crippen LogP contribution in [0.2, 0.25) is 0 Å². The van der Waals surface area contributed by atoms with Crippen LogP contribution in [0.15, 0.2) is 12.2 Å². The van der Waals surface area contributed by atoms with E-state index in [0.29, 0.717) is 12.8 Å². The maximum Gasteiger partial charge on any atom is 0.306 e. The molecule has 0 aromatic heterocycles. The van der Waals surface area contributed by atoms with E-state index in [-0.39, 0.29) is 12.1 Å². The fourth-order valence-electron chi connectivity index (χ4n) is 1.04. The Morgan fingerprint density at radius 3 is 3.17 bits per heavy atom. The van der Waals surface area contributed by atoms with E-state index in [4.69, 9.17) is 4.74 Å². The fourth-order valence-corrected chi connectivity index (χ4v) is 1.04.